The second-order valence-electron chi connectivity index (χ2n) is 8.43. The number of para-hydroxylation sites is 2. The highest BCUT2D eigenvalue weighted by Crippen LogP contribution is 2.42. The van der Waals surface area contributed by atoms with Gasteiger partial charge in [0.05, 0.1) is 18.0 Å². The third kappa shape index (κ3) is 3.98. The summed E-state index contributed by atoms with van der Waals surface area (Å²) in [6.45, 7) is 13.0. The zero-order valence-electron chi connectivity index (χ0n) is 17.2. The van der Waals surface area contributed by atoms with Crippen molar-refractivity contribution < 1.29 is 9.53 Å². The molecule has 0 saturated carbocycles. The van der Waals surface area contributed by atoms with Crippen molar-refractivity contribution in [3.05, 3.63) is 24.3 Å². The van der Waals surface area contributed by atoms with Gasteiger partial charge in [0, 0.05) is 0 Å². The molecule has 2 rings (SSSR count). The number of ether oxygens (including phenoxy) is 1. The molecule has 0 aromatic heterocycles. The van der Waals surface area contributed by atoms with Crippen molar-refractivity contribution in [2.45, 2.75) is 72.8 Å². The number of nitrogens with one attached hydrogen (secondary N) is 2. The fourth-order valence-electron chi connectivity index (χ4n) is 3.27. The van der Waals surface area contributed by atoms with Crippen LogP contribution in [0.5, 0.6) is 0 Å². The first-order chi connectivity index (χ1) is 12.3. The van der Waals surface area contributed by atoms with E-state index < -0.39 is 5.54 Å². The lowest BCUT2D eigenvalue weighted by atomic mass is 9.74. The molecule has 0 aliphatic carbocycles. The second-order valence-corrected chi connectivity index (χ2v) is 8.43. The van der Waals surface area contributed by atoms with Gasteiger partial charge in [0.1, 0.15) is 0 Å². The van der Waals surface area contributed by atoms with Crippen LogP contribution in [0.4, 0.5) is 11.4 Å². The Kier molecular flexibility index (Phi) is 6.56. The maximum Gasteiger partial charge on any atom is 0.333 e. The van der Waals surface area contributed by atoms with Gasteiger partial charge in [-0.3, -0.25) is 5.01 Å². The van der Waals surface area contributed by atoms with E-state index in [9.17, 15) is 4.79 Å². The minimum atomic E-state index is -0.852. The molecule has 1 aromatic carbocycles. The highest BCUT2D eigenvalue weighted by atomic mass is 16.5. The Morgan fingerprint density at radius 3 is 2.50 bits per heavy atom. The smallest absolute Gasteiger partial charge is 0.333 e. The fraction of sp³-hybridized carbons (Fsp3) is 0.667. The Bertz CT molecular complexity index is 612. The summed E-state index contributed by atoms with van der Waals surface area (Å²) < 4.78 is 5.86. The molecular weight excluding hydrogens is 326 g/mol. The number of carbonyl (C=O) groups is 1. The Morgan fingerprint density at radius 2 is 1.88 bits per heavy atom. The van der Waals surface area contributed by atoms with Crippen molar-refractivity contribution in [1.29, 1.82) is 0 Å². The van der Waals surface area contributed by atoms with E-state index >= 15 is 0 Å². The van der Waals surface area contributed by atoms with Crippen molar-refractivity contribution in [2.24, 2.45) is 11.3 Å². The molecule has 2 N–H and O–H groups in total. The number of carbonyl (C=O) groups excluding carboxylic acids is 1. The molecule has 0 radical (unpaired) electrons. The van der Waals surface area contributed by atoms with Crippen LogP contribution in [0, 0.1) is 11.3 Å². The van der Waals surface area contributed by atoms with Gasteiger partial charge >= 0.3 is 5.97 Å². The average Bonchev–Trinajstić information content (AvgIpc) is 3.04. The fourth-order valence-corrected chi connectivity index (χ4v) is 3.27. The summed E-state index contributed by atoms with van der Waals surface area (Å²) in [5.41, 5.74) is 7.06. The van der Waals surface area contributed by atoms with E-state index in [0.717, 1.165) is 24.2 Å². The number of hydrogen-bond acceptors (Lipinski definition) is 5. The summed E-state index contributed by atoms with van der Waals surface area (Å²) in [6, 6.07) is 7.96. The molecule has 0 spiro atoms. The highest BCUT2D eigenvalue weighted by Gasteiger charge is 2.52. The van der Waals surface area contributed by atoms with Gasteiger partial charge < -0.3 is 10.2 Å². The zero-order chi connectivity index (χ0) is 19.4. The van der Waals surface area contributed by atoms with Gasteiger partial charge in [-0.2, -0.15) is 0 Å². The van der Waals surface area contributed by atoms with Gasteiger partial charge in [0.25, 0.3) is 0 Å². The van der Waals surface area contributed by atoms with E-state index in [1.165, 1.54) is 12.8 Å². The van der Waals surface area contributed by atoms with Crippen LogP contribution in [0.1, 0.15) is 67.2 Å². The van der Waals surface area contributed by atoms with Crippen LogP contribution >= 0.6 is 0 Å². The van der Waals surface area contributed by atoms with Crippen molar-refractivity contribution in [3.8, 4) is 0 Å². The molecule has 0 saturated heterocycles. The summed E-state index contributed by atoms with van der Waals surface area (Å²) >= 11 is 0. The van der Waals surface area contributed by atoms with E-state index in [4.69, 9.17) is 4.74 Å². The molecule has 2 unspecified atom stereocenters. The summed E-state index contributed by atoms with van der Waals surface area (Å²) in [7, 11) is 0. The molecule has 146 valence electrons. The van der Waals surface area contributed by atoms with Gasteiger partial charge in [-0.05, 0) is 36.8 Å². The van der Waals surface area contributed by atoms with Crippen LogP contribution in [0.25, 0.3) is 0 Å². The molecule has 5 nitrogen and oxygen atoms in total. The molecule has 1 heterocycles. The van der Waals surface area contributed by atoms with Crippen LogP contribution in [0.15, 0.2) is 24.3 Å². The summed E-state index contributed by atoms with van der Waals surface area (Å²) in [5.74, 6) is 0.242. The Hall–Kier alpha value is -1.75. The molecule has 0 amide bonds. The van der Waals surface area contributed by atoms with Gasteiger partial charge in [-0.15, -0.1) is 5.53 Å². The maximum absolute atomic E-state index is 13.3. The van der Waals surface area contributed by atoms with E-state index in [1.807, 2.05) is 36.2 Å². The van der Waals surface area contributed by atoms with Gasteiger partial charge in [0.2, 0.25) is 0 Å². The zero-order valence-corrected chi connectivity index (χ0v) is 17.2. The quantitative estimate of drug-likeness (QED) is 0.645. The van der Waals surface area contributed by atoms with Crippen molar-refractivity contribution in [3.63, 3.8) is 0 Å². The predicted octanol–water partition coefficient (Wildman–Crippen LogP) is 4.90. The first-order valence-electron chi connectivity index (χ1n) is 9.83. The number of anilines is 2. The highest BCUT2D eigenvalue weighted by molar-refractivity contribution is 5.89. The lowest BCUT2D eigenvalue weighted by Gasteiger charge is -2.46. The lowest BCUT2D eigenvalue weighted by Crippen LogP contribution is -2.65. The van der Waals surface area contributed by atoms with Crippen molar-refractivity contribution in [1.82, 2.24) is 5.53 Å². The lowest BCUT2D eigenvalue weighted by molar-refractivity contribution is -0.156. The molecule has 2 atom stereocenters. The SMILES string of the molecule is CCCCC(CC)COC(=O)C(C)(N1NNc2ccccc21)C(C)(C)C. The van der Waals surface area contributed by atoms with E-state index in [0.29, 0.717) is 12.5 Å². The first-order valence-corrected chi connectivity index (χ1v) is 9.83. The third-order valence-electron chi connectivity index (χ3n) is 5.75. The number of unbranched alkanes of at least 4 members (excludes halogenated alkanes) is 1. The van der Waals surface area contributed by atoms with Crippen LogP contribution in [-0.2, 0) is 9.53 Å². The Balaban J connectivity index is 2.21. The van der Waals surface area contributed by atoms with Gasteiger partial charge in [-0.25, -0.2) is 4.79 Å². The third-order valence-corrected chi connectivity index (χ3v) is 5.75. The molecule has 0 fully saturated rings. The standard InChI is InChI=1S/C21H35N3O2/c1-7-9-12-16(8-2)15-26-19(25)21(6,20(3,4)5)24-18-14-11-10-13-17(18)22-23-24/h10-11,13-14,16,22-23H,7-9,12,15H2,1-6H3. The molecule has 0 bridgehead atoms. The minimum absolute atomic E-state index is 0.189. The van der Waals surface area contributed by atoms with Crippen molar-refractivity contribution >= 4 is 17.3 Å². The number of hydrogen-bond donors (Lipinski definition) is 2. The predicted molar refractivity (Wildman–Crippen MR) is 108 cm³/mol. The van der Waals surface area contributed by atoms with Gasteiger partial charge in [0.15, 0.2) is 5.54 Å². The summed E-state index contributed by atoms with van der Waals surface area (Å²) in [5, 5.41) is 1.91. The van der Waals surface area contributed by atoms with Crippen LogP contribution < -0.4 is 16.0 Å². The number of nitrogens with zero attached hydrogens (tertiary/aromatic N) is 1. The maximum atomic E-state index is 13.3. The number of esters is 1. The molecule has 1 aliphatic heterocycles. The van der Waals surface area contributed by atoms with E-state index in [1.54, 1.807) is 0 Å². The normalized spacial score (nSPS) is 17.2. The molecule has 1 aromatic rings. The Labute approximate surface area is 158 Å². The largest absolute Gasteiger partial charge is 0.464 e. The molecule has 5 heteroatoms. The van der Waals surface area contributed by atoms with E-state index in [2.05, 4.69) is 45.6 Å². The molecular formula is C21H35N3O2. The number of rotatable bonds is 8. The van der Waals surface area contributed by atoms with Crippen LogP contribution in [0.3, 0.4) is 0 Å². The van der Waals surface area contributed by atoms with Crippen LogP contribution in [-0.4, -0.2) is 18.1 Å². The molecule has 26 heavy (non-hydrogen) atoms. The average molecular weight is 362 g/mol. The number of fused-ring (bicyclic) bond motifs is 1. The number of benzene rings is 1. The summed E-state index contributed by atoms with van der Waals surface area (Å²) in [6.07, 6.45) is 4.49. The van der Waals surface area contributed by atoms with E-state index in [-0.39, 0.29) is 11.4 Å². The molecule has 1 aliphatic rings. The topological polar surface area (TPSA) is 53.6 Å². The first kappa shape index (κ1) is 20.6. The Morgan fingerprint density at radius 1 is 1.19 bits per heavy atom. The number of hydrazine groups is 2. The van der Waals surface area contributed by atoms with Gasteiger partial charge in [-0.1, -0.05) is 66.0 Å². The van der Waals surface area contributed by atoms with Crippen LogP contribution in [0.2, 0.25) is 0 Å². The minimum Gasteiger partial charge on any atom is -0.464 e. The monoisotopic (exact) mass is 361 g/mol. The summed E-state index contributed by atoms with van der Waals surface area (Å²) in [4.78, 5) is 13.3. The van der Waals surface area contributed by atoms with Crippen molar-refractivity contribution in [2.75, 3.05) is 17.0 Å². The second kappa shape index (κ2) is 8.30.